The summed E-state index contributed by atoms with van der Waals surface area (Å²) in [5.74, 6) is -0.308. The molecular weight excluding hydrogens is 426 g/mol. The maximum Gasteiger partial charge on any atom is 0.235 e. The van der Waals surface area contributed by atoms with Crippen LogP contribution in [0.15, 0.2) is 24.3 Å². The van der Waals surface area contributed by atoms with Gasteiger partial charge in [-0.2, -0.15) is 0 Å². The van der Waals surface area contributed by atoms with E-state index in [1.807, 2.05) is 23.1 Å². The van der Waals surface area contributed by atoms with Gasteiger partial charge in [0, 0.05) is 45.7 Å². The minimum Gasteiger partial charge on any atom is -0.340 e. The Kier molecular flexibility index (Phi) is 6.38. The van der Waals surface area contributed by atoms with E-state index in [1.165, 1.54) is 0 Å². The van der Waals surface area contributed by atoms with Crippen LogP contribution in [-0.2, 0) is 9.59 Å². The zero-order valence-electron chi connectivity index (χ0n) is 18.3. The van der Waals surface area contributed by atoms with Crippen LogP contribution in [0.4, 0.5) is 0 Å². The third-order valence-electron chi connectivity index (χ3n) is 6.65. The van der Waals surface area contributed by atoms with Gasteiger partial charge in [-0.05, 0) is 31.5 Å². The van der Waals surface area contributed by atoms with Crippen molar-refractivity contribution in [3.05, 3.63) is 29.3 Å². The number of amides is 2. The predicted molar refractivity (Wildman–Crippen MR) is 124 cm³/mol. The first kappa shape index (κ1) is 21.7. The van der Waals surface area contributed by atoms with E-state index in [0.717, 1.165) is 54.2 Å². The van der Waals surface area contributed by atoms with E-state index in [4.69, 9.17) is 4.98 Å². The molecule has 172 valence electrons. The molecule has 3 unspecified atom stereocenters. The lowest BCUT2D eigenvalue weighted by atomic mass is 10.00. The number of nitrogens with one attached hydrogen (secondary N) is 4. The Balaban J connectivity index is 1.36. The lowest BCUT2D eigenvalue weighted by Gasteiger charge is -2.45. The van der Waals surface area contributed by atoms with Crippen LogP contribution >= 0.6 is 11.3 Å². The number of carbonyl (C=O) groups excluding carboxylic acids is 2. The van der Waals surface area contributed by atoms with Gasteiger partial charge >= 0.3 is 0 Å². The van der Waals surface area contributed by atoms with Gasteiger partial charge in [-0.1, -0.05) is 12.1 Å². The second kappa shape index (κ2) is 9.40. The van der Waals surface area contributed by atoms with Crippen molar-refractivity contribution in [2.45, 2.75) is 44.2 Å². The Hall–Kier alpha value is -2.11. The quantitative estimate of drug-likeness (QED) is 0.521. The summed E-state index contributed by atoms with van der Waals surface area (Å²) in [4.78, 5) is 34.0. The maximum absolute atomic E-state index is 13.4. The monoisotopic (exact) mass is 457 g/mol. The van der Waals surface area contributed by atoms with E-state index < -0.39 is 5.92 Å². The zero-order chi connectivity index (χ0) is 22.1. The average molecular weight is 458 g/mol. The van der Waals surface area contributed by atoms with Crippen LogP contribution in [0.5, 0.6) is 0 Å². The van der Waals surface area contributed by atoms with Crippen molar-refractivity contribution in [1.29, 1.82) is 0 Å². The highest BCUT2D eigenvalue weighted by Crippen LogP contribution is 2.31. The third kappa shape index (κ3) is 4.51. The van der Waals surface area contributed by atoms with Crippen molar-refractivity contribution in [1.82, 2.24) is 36.1 Å². The van der Waals surface area contributed by atoms with Crippen molar-refractivity contribution in [3.63, 3.8) is 0 Å². The van der Waals surface area contributed by atoms with Gasteiger partial charge in [-0.3, -0.25) is 25.1 Å². The molecule has 3 saturated heterocycles. The Morgan fingerprint density at radius 1 is 1.22 bits per heavy atom. The SMILES string of the molecule is CC(=O)N1CCN(C2NC(=O)C(c3nc4ccccc4s3)C(N[C@@H]3CCCNC3)N2)CC1. The predicted octanol–water partition coefficient (Wildman–Crippen LogP) is 0.215. The van der Waals surface area contributed by atoms with Crippen LogP contribution in [-0.4, -0.2) is 84.4 Å². The summed E-state index contributed by atoms with van der Waals surface area (Å²) in [5, 5.41) is 14.8. The summed E-state index contributed by atoms with van der Waals surface area (Å²) in [6.45, 7) is 6.35. The molecule has 3 aliphatic rings. The summed E-state index contributed by atoms with van der Waals surface area (Å²) in [6, 6.07) is 8.33. The lowest BCUT2D eigenvalue weighted by molar-refractivity contribution is -0.135. The fraction of sp³-hybridized carbons (Fsp3) is 0.591. The summed E-state index contributed by atoms with van der Waals surface area (Å²) in [7, 11) is 0. The first-order valence-electron chi connectivity index (χ1n) is 11.5. The molecule has 4 N–H and O–H groups in total. The van der Waals surface area contributed by atoms with Gasteiger partial charge in [0.2, 0.25) is 11.8 Å². The molecule has 2 aromatic rings. The van der Waals surface area contributed by atoms with Crippen molar-refractivity contribution < 1.29 is 9.59 Å². The maximum atomic E-state index is 13.4. The summed E-state index contributed by atoms with van der Waals surface area (Å²) >= 11 is 1.59. The number of carbonyl (C=O) groups is 2. The smallest absolute Gasteiger partial charge is 0.235 e. The van der Waals surface area contributed by atoms with Gasteiger partial charge in [0.15, 0.2) is 0 Å². The molecule has 9 nitrogen and oxygen atoms in total. The summed E-state index contributed by atoms with van der Waals surface area (Å²) in [6.07, 6.45) is 1.72. The van der Waals surface area contributed by atoms with Crippen LogP contribution in [0.2, 0.25) is 0 Å². The Labute approximate surface area is 191 Å². The van der Waals surface area contributed by atoms with E-state index in [0.29, 0.717) is 19.1 Å². The van der Waals surface area contributed by atoms with Crippen molar-refractivity contribution in [2.24, 2.45) is 0 Å². The lowest BCUT2D eigenvalue weighted by Crippen LogP contribution is -2.72. The first-order valence-corrected chi connectivity index (χ1v) is 12.3. The topological polar surface area (TPSA) is 102 Å². The molecule has 4 atom stereocenters. The molecule has 0 saturated carbocycles. The number of thiazole rings is 1. The minimum absolute atomic E-state index is 0.0110. The number of rotatable bonds is 4. The number of fused-ring (bicyclic) bond motifs is 1. The molecule has 2 amide bonds. The molecule has 0 bridgehead atoms. The van der Waals surface area contributed by atoms with Gasteiger partial charge in [-0.15, -0.1) is 11.3 Å². The van der Waals surface area contributed by atoms with Gasteiger partial charge in [0.1, 0.15) is 17.2 Å². The second-order valence-electron chi connectivity index (χ2n) is 8.80. The number of aromatic nitrogens is 1. The van der Waals surface area contributed by atoms with E-state index in [9.17, 15) is 9.59 Å². The highest BCUT2D eigenvalue weighted by Gasteiger charge is 2.42. The standard InChI is InChI=1S/C22H31N7O2S/c1-14(30)28-9-11-29(12-10-28)22-26-19(24-15-5-4-8-23-13-15)18(20(31)27-22)21-25-16-6-2-3-7-17(16)32-21/h2-3,6-7,15,18-19,22-24,26H,4-5,8-13H2,1H3,(H,27,31)/t15-,18?,19?,22?/m1/s1. The van der Waals surface area contributed by atoms with Gasteiger partial charge in [0.05, 0.1) is 16.4 Å². The normalized spacial score (nSPS) is 29.8. The highest BCUT2D eigenvalue weighted by molar-refractivity contribution is 7.18. The first-order chi connectivity index (χ1) is 15.6. The number of hydrogen-bond donors (Lipinski definition) is 4. The number of piperidine rings is 1. The molecule has 4 heterocycles. The minimum atomic E-state index is -0.399. The Bertz CT molecular complexity index is 935. The second-order valence-corrected chi connectivity index (χ2v) is 9.87. The molecule has 32 heavy (non-hydrogen) atoms. The molecule has 5 rings (SSSR count). The molecule has 1 aromatic heterocycles. The molecule has 10 heteroatoms. The molecule has 0 spiro atoms. The number of hydrogen-bond acceptors (Lipinski definition) is 8. The molecular formula is C22H31N7O2S. The fourth-order valence-electron chi connectivity index (χ4n) is 4.85. The van der Waals surface area contributed by atoms with Crippen LogP contribution in [0, 0.1) is 0 Å². The van der Waals surface area contributed by atoms with Gasteiger partial charge in [-0.25, -0.2) is 4.98 Å². The Morgan fingerprint density at radius 2 is 2.03 bits per heavy atom. The highest BCUT2D eigenvalue weighted by atomic mass is 32.1. The van der Waals surface area contributed by atoms with Gasteiger partial charge < -0.3 is 15.5 Å². The largest absolute Gasteiger partial charge is 0.340 e. The molecule has 0 aliphatic carbocycles. The number of para-hydroxylation sites is 1. The molecule has 1 aromatic carbocycles. The van der Waals surface area contributed by atoms with Crippen molar-refractivity contribution in [2.75, 3.05) is 39.3 Å². The van der Waals surface area contributed by atoms with Crippen LogP contribution in [0.1, 0.15) is 30.7 Å². The van der Waals surface area contributed by atoms with Crippen molar-refractivity contribution in [3.8, 4) is 0 Å². The summed E-state index contributed by atoms with van der Waals surface area (Å²) < 4.78 is 1.09. The summed E-state index contributed by atoms with van der Waals surface area (Å²) in [5.41, 5.74) is 0.931. The van der Waals surface area contributed by atoms with Gasteiger partial charge in [0.25, 0.3) is 0 Å². The van der Waals surface area contributed by atoms with Crippen LogP contribution in [0.3, 0.4) is 0 Å². The number of piperazine rings is 1. The number of benzene rings is 1. The van der Waals surface area contributed by atoms with Crippen LogP contribution < -0.4 is 21.3 Å². The van der Waals surface area contributed by atoms with Crippen LogP contribution in [0.25, 0.3) is 10.2 Å². The molecule has 3 fully saturated rings. The average Bonchev–Trinajstić information content (AvgIpc) is 3.23. The van der Waals surface area contributed by atoms with Crippen molar-refractivity contribution >= 4 is 33.4 Å². The molecule has 0 radical (unpaired) electrons. The number of nitrogens with zero attached hydrogens (tertiary/aromatic N) is 3. The van der Waals surface area contributed by atoms with E-state index >= 15 is 0 Å². The zero-order valence-corrected chi connectivity index (χ0v) is 19.2. The van der Waals surface area contributed by atoms with E-state index in [1.54, 1.807) is 18.3 Å². The fourth-order valence-corrected chi connectivity index (χ4v) is 5.95. The van der Waals surface area contributed by atoms with E-state index in [-0.39, 0.29) is 24.3 Å². The van der Waals surface area contributed by atoms with E-state index in [2.05, 4.69) is 32.2 Å². The molecule has 3 aliphatic heterocycles. The Morgan fingerprint density at radius 3 is 2.75 bits per heavy atom. The third-order valence-corrected chi connectivity index (χ3v) is 7.77.